The standard InChI is InChI=1S/C9H13FN2/c1-3-6(2)8-4-7(10)5-12-9(8)11/h4-6H,3H2,1-2H3,(H2,11,12)/t6-/m1/s1. The van der Waals surface area contributed by atoms with Crippen molar-refractivity contribution in [3.05, 3.63) is 23.6 Å². The number of nitrogen functional groups attached to an aromatic ring is 1. The second kappa shape index (κ2) is 3.52. The first-order valence-corrected chi connectivity index (χ1v) is 4.06. The van der Waals surface area contributed by atoms with Crippen LogP contribution in [0.25, 0.3) is 0 Å². The number of aromatic nitrogens is 1. The van der Waals surface area contributed by atoms with Gasteiger partial charge in [0.15, 0.2) is 0 Å². The van der Waals surface area contributed by atoms with Gasteiger partial charge in [0.25, 0.3) is 0 Å². The Labute approximate surface area is 71.6 Å². The third-order valence-electron chi connectivity index (χ3n) is 2.06. The number of nitrogens with two attached hydrogens (primary N) is 1. The van der Waals surface area contributed by atoms with Crippen LogP contribution in [0.2, 0.25) is 0 Å². The van der Waals surface area contributed by atoms with E-state index in [0.29, 0.717) is 5.82 Å². The summed E-state index contributed by atoms with van der Waals surface area (Å²) in [5.41, 5.74) is 6.39. The highest BCUT2D eigenvalue weighted by atomic mass is 19.1. The van der Waals surface area contributed by atoms with Crippen LogP contribution in [0.5, 0.6) is 0 Å². The molecule has 66 valence electrons. The molecule has 1 heterocycles. The molecule has 12 heavy (non-hydrogen) atoms. The molecule has 2 nitrogen and oxygen atoms in total. The van der Waals surface area contributed by atoms with E-state index in [0.717, 1.165) is 18.2 Å². The summed E-state index contributed by atoms with van der Waals surface area (Å²) in [7, 11) is 0. The van der Waals surface area contributed by atoms with Crippen molar-refractivity contribution >= 4 is 5.82 Å². The van der Waals surface area contributed by atoms with E-state index in [1.54, 1.807) is 0 Å². The Hall–Kier alpha value is -1.12. The van der Waals surface area contributed by atoms with Crippen LogP contribution >= 0.6 is 0 Å². The first kappa shape index (κ1) is 8.97. The predicted molar refractivity (Wildman–Crippen MR) is 47.3 cm³/mol. The van der Waals surface area contributed by atoms with E-state index in [1.807, 2.05) is 13.8 Å². The van der Waals surface area contributed by atoms with Gasteiger partial charge >= 0.3 is 0 Å². The SMILES string of the molecule is CC[C@@H](C)c1cc(F)cnc1N. The zero-order chi connectivity index (χ0) is 9.14. The van der Waals surface area contributed by atoms with Crippen LogP contribution in [0.1, 0.15) is 31.7 Å². The van der Waals surface area contributed by atoms with Gasteiger partial charge in [-0.05, 0) is 24.0 Å². The minimum absolute atomic E-state index is 0.271. The molecule has 1 rings (SSSR count). The summed E-state index contributed by atoms with van der Waals surface area (Å²) in [5, 5.41) is 0. The molecule has 0 bridgehead atoms. The Morgan fingerprint density at radius 3 is 2.92 bits per heavy atom. The summed E-state index contributed by atoms with van der Waals surface area (Å²) in [6, 6.07) is 1.45. The number of anilines is 1. The quantitative estimate of drug-likeness (QED) is 0.736. The molecule has 0 aliphatic heterocycles. The van der Waals surface area contributed by atoms with Gasteiger partial charge < -0.3 is 5.73 Å². The largest absolute Gasteiger partial charge is 0.383 e. The normalized spacial score (nSPS) is 12.9. The summed E-state index contributed by atoms with van der Waals surface area (Å²) < 4.78 is 12.7. The number of pyridine rings is 1. The zero-order valence-corrected chi connectivity index (χ0v) is 7.34. The number of nitrogens with zero attached hydrogens (tertiary/aromatic N) is 1. The first-order chi connectivity index (χ1) is 5.65. The minimum atomic E-state index is -0.320. The van der Waals surface area contributed by atoms with Crippen molar-refractivity contribution in [1.82, 2.24) is 4.98 Å². The van der Waals surface area contributed by atoms with Crippen LogP contribution in [0.3, 0.4) is 0 Å². The fourth-order valence-corrected chi connectivity index (χ4v) is 1.08. The van der Waals surface area contributed by atoms with Crippen molar-refractivity contribution < 1.29 is 4.39 Å². The Balaban J connectivity index is 3.04. The van der Waals surface area contributed by atoms with E-state index < -0.39 is 0 Å². The number of rotatable bonds is 2. The van der Waals surface area contributed by atoms with Gasteiger partial charge in [-0.15, -0.1) is 0 Å². The van der Waals surface area contributed by atoms with Crippen LogP contribution in [0.4, 0.5) is 10.2 Å². The van der Waals surface area contributed by atoms with Crippen LogP contribution in [-0.2, 0) is 0 Å². The van der Waals surface area contributed by atoms with Gasteiger partial charge in [-0.1, -0.05) is 13.8 Å². The molecule has 0 aromatic carbocycles. The van der Waals surface area contributed by atoms with E-state index >= 15 is 0 Å². The van der Waals surface area contributed by atoms with E-state index in [4.69, 9.17) is 5.73 Å². The van der Waals surface area contributed by atoms with E-state index in [1.165, 1.54) is 6.07 Å². The van der Waals surface area contributed by atoms with Gasteiger partial charge in [-0.2, -0.15) is 0 Å². The molecular formula is C9H13FN2. The van der Waals surface area contributed by atoms with Crippen LogP contribution in [0, 0.1) is 5.82 Å². The van der Waals surface area contributed by atoms with Crippen molar-refractivity contribution in [2.45, 2.75) is 26.2 Å². The highest BCUT2D eigenvalue weighted by molar-refractivity contribution is 5.41. The molecule has 1 aromatic heterocycles. The van der Waals surface area contributed by atoms with Gasteiger partial charge in [0.05, 0.1) is 6.20 Å². The molecule has 0 aliphatic carbocycles. The highest BCUT2D eigenvalue weighted by Crippen LogP contribution is 2.23. The lowest BCUT2D eigenvalue weighted by Crippen LogP contribution is -2.01. The maximum atomic E-state index is 12.7. The molecule has 2 N–H and O–H groups in total. The lowest BCUT2D eigenvalue weighted by molar-refractivity contribution is 0.613. The summed E-state index contributed by atoms with van der Waals surface area (Å²) in [5.74, 6) is 0.387. The van der Waals surface area contributed by atoms with E-state index in [-0.39, 0.29) is 11.7 Å². The molecule has 0 saturated carbocycles. The fourth-order valence-electron chi connectivity index (χ4n) is 1.08. The van der Waals surface area contributed by atoms with Crippen molar-refractivity contribution in [1.29, 1.82) is 0 Å². The summed E-state index contributed by atoms with van der Waals surface area (Å²) >= 11 is 0. The number of halogens is 1. The molecule has 0 saturated heterocycles. The molecule has 0 spiro atoms. The molecule has 0 fully saturated rings. The van der Waals surface area contributed by atoms with E-state index in [9.17, 15) is 4.39 Å². The average molecular weight is 168 g/mol. The van der Waals surface area contributed by atoms with Crippen molar-refractivity contribution in [3.8, 4) is 0 Å². The lowest BCUT2D eigenvalue weighted by Gasteiger charge is -2.10. The van der Waals surface area contributed by atoms with Gasteiger partial charge in [0.2, 0.25) is 0 Å². The van der Waals surface area contributed by atoms with Gasteiger partial charge in [0, 0.05) is 0 Å². The Morgan fingerprint density at radius 1 is 1.67 bits per heavy atom. The first-order valence-electron chi connectivity index (χ1n) is 4.06. The maximum Gasteiger partial charge on any atom is 0.141 e. The Morgan fingerprint density at radius 2 is 2.33 bits per heavy atom. The monoisotopic (exact) mass is 168 g/mol. The molecule has 0 radical (unpaired) electrons. The summed E-state index contributed by atoms with van der Waals surface area (Å²) in [6.45, 7) is 4.04. The molecular weight excluding hydrogens is 155 g/mol. The minimum Gasteiger partial charge on any atom is -0.383 e. The Bertz CT molecular complexity index is 273. The summed E-state index contributed by atoms with van der Waals surface area (Å²) in [6.07, 6.45) is 2.08. The highest BCUT2D eigenvalue weighted by Gasteiger charge is 2.08. The third kappa shape index (κ3) is 1.72. The topological polar surface area (TPSA) is 38.9 Å². The maximum absolute atomic E-state index is 12.7. The average Bonchev–Trinajstić information content (AvgIpc) is 2.08. The zero-order valence-electron chi connectivity index (χ0n) is 7.34. The van der Waals surface area contributed by atoms with Crippen LogP contribution in [0.15, 0.2) is 12.3 Å². The van der Waals surface area contributed by atoms with Gasteiger partial charge in [0.1, 0.15) is 11.6 Å². The second-order valence-electron chi connectivity index (χ2n) is 2.94. The molecule has 0 aliphatic rings. The van der Waals surface area contributed by atoms with Crippen LogP contribution in [-0.4, -0.2) is 4.98 Å². The predicted octanol–water partition coefficient (Wildman–Crippen LogP) is 2.32. The Kier molecular flexibility index (Phi) is 2.63. The number of hydrogen-bond donors (Lipinski definition) is 1. The molecule has 3 heteroatoms. The van der Waals surface area contributed by atoms with Crippen molar-refractivity contribution in [2.24, 2.45) is 0 Å². The second-order valence-corrected chi connectivity index (χ2v) is 2.94. The molecule has 0 amide bonds. The molecule has 1 aromatic rings. The number of hydrogen-bond acceptors (Lipinski definition) is 2. The molecule has 0 unspecified atom stereocenters. The van der Waals surface area contributed by atoms with Gasteiger partial charge in [-0.25, -0.2) is 9.37 Å². The smallest absolute Gasteiger partial charge is 0.141 e. The van der Waals surface area contributed by atoms with Crippen molar-refractivity contribution in [2.75, 3.05) is 5.73 Å². The van der Waals surface area contributed by atoms with Gasteiger partial charge in [-0.3, -0.25) is 0 Å². The van der Waals surface area contributed by atoms with Crippen LogP contribution < -0.4 is 5.73 Å². The van der Waals surface area contributed by atoms with Crippen molar-refractivity contribution in [3.63, 3.8) is 0 Å². The molecule has 1 atom stereocenters. The summed E-state index contributed by atoms with van der Waals surface area (Å²) in [4.78, 5) is 3.75. The van der Waals surface area contributed by atoms with E-state index in [2.05, 4.69) is 4.98 Å². The third-order valence-corrected chi connectivity index (χ3v) is 2.06. The lowest BCUT2D eigenvalue weighted by atomic mass is 9.99. The fraction of sp³-hybridized carbons (Fsp3) is 0.444.